The predicted octanol–water partition coefficient (Wildman–Crippen LogP) is 4.35. The van der Waals surface area contributed by atoms with Gasteiger partial charge >= 0.3 is 0 Å². The Morgan fingerprint density at radius 1 is 1.29 bits per heavy atom. The summed E-state index contributed by atoms with van der Waals surface area (Å²) >= 11 is 12.5. The fourth-order valence-corrected chi connectivity index (χ4v) is 3.86. The summed E-state index contributed by atoms with van der Waals surface area (Å²) in [7, 11) is 0. The Morgan fingerprint density at radius 3 is 2.76 bits per heavy atom. The maximum atomic E-state index is 6.37. The van der Waals surface area contributed by atoms with Gasteiger partial charge in [-0.05, 0) is 57.2 Å². The molecule has 1 aromatic carbocycles. The van der Waals surface area contributed by atoms with E-state index in [1.54, 1.807) is 0 Å². The normalized spacial score (nSPS) is 31.1. The van der Waals surface area contributed by atoms with E-state index in [-0.39, 0.29) is 5.54 Å². The van der Waals surface area contributed by atoms with Crippen molar-refractivity contribution in [2.75, 3.05) is 13.1 Å². The third-order valence-electron chi connectivity index (χ3n) is 5.13. The molecule has 2 aliphatic rings. The fraction of sp³-hybridized carbons (Fsp3) is 0.647. The van der Waals surface area contributed by atoms with Gasteiger partial charge in [-0.2, -0.15) is 0 Å². The van der Waals surface area contributed by atoms with Gasteiger partial charge in [0.05, 0.1) is 10.0 Å². The largest absolute Gasteiger partial charge is 0.310 e. The summed E-state index contributed by atoms with van der Waals surface area (Å²) in [5, 5.41) is 5.15. The van der Waals surface area contributed by atoms with Gasteiger partial charge in [0.2, 0.25) is 0 Å². The number of benzene rings is 1. The molecule has 4 heteroatoms. The zero-order chi connectivity index (χ0) is 15.0. The molecule has 0 amide bonds. The fourth-order valence-electron chi connectivity index (χ4n) is 3.48. The molecule has 2 atom stereocenters. The van der Waals surface area contributed by atoms with Crippen molar-refractivity contribution in [1.82, 2.24) is 10.2 Å². The lowest BCUT2D eigenvalue weighted by Crippen LogP contribution is -2.51. The van der Waals surface area contributed by atoms with Crippen molar-refractivity contribution in [3.8, 4) is 0 Å². The van der Waals surface area contributed by atoms with Crippen LogP contribution in [-0.4, -0.2) is 29.6 Å². The molecule has 1 aliphatic heterocycles. The smallest absolute Gasteiger partial charge is 0.0637 e. The molecule has 116 valence electrons. The predicted molar refractivity (Wildman–Crippen MR) is 90.1 cm³/mol. The van der Waals surface area contributed by atoms with Crippen molar-refractivity contribution in [3.05, 3.63) is 33.8 Å². The maximum absolute atomic E-state index is 6.37. The summed E-state index contributed by atoms with van der Waals surface area (Å²) in [6, 6.07) is 6.50. The van der Waals surface area contributed by atoms with Gasteiger partial charge in [-0.25, -0.2) is 0 Å². The van der Waals surface area contributed by atoms with E-state index < -0.39 is 0 Å². The van der Waals surface area contributed by atoms with Gasteiger partial charge in [-0.1, -0.05) is 35.3 Å². The van der Waals surface area contributed by atoms with Gasteiger partial charge in [0.1, 0.15) is 0 Å². The van der Waals surface area contributed by atoms with Gasteiger partial charge in [0.25, 0.3) is 0 Å². The monoisotopic (exact) mass is 326 g/mol. The third kappa shape index (κ3) is 3.39. The van der Waals surface area contributed by atoms with Crippen LogP contribution < -0.4 is 5.32 Å². The first-order chi connectivity index (χ1) is 9.99. The van der Waals surface area contributed by atoms with E-state index >= 15 is 0 Å². The van der Waals surface area contributed by atoms with Crippen LogP contribution in [0.25, 0.3) is 0 Å². The molecular weight excluding hydrogens is 303 g/mol. The van der Waals surface area contributed by atoms with Crippen molar-refractivity contribution in [1.29, 1.82) is 0 Å². The van der Waals surface area contributed by atoms with Crippen LogP contribution in [0.2, 0.25) is 10.0 Å². The Morgan fingerprint density at radius 2 is 2.05 bits per heavy atom. The van der Waals surface area contributed by atoms with Gasteiger partial charge in [0, 0.05) is 24.7 Å². The summed E-state index contributed by atoms with van der Waals surface area (Å²) in [6.45, 7) is 7.77. The topological polar surface area (TPSA) is 15.3 Å². The van der Waals surface area contributed by atoms with Crippen LogP contribution in [0.4, 0.5) is 0 Å². The number of hydrogen-bond acceptors (Lipinski definition) is 2. The Hall–Kier alpha value is -0.280. The summed E-state index contributed by atoms with van der Waals surface area (Å²) in [5.41, 5.74) is 1.38. The lowest BCUT2D eigenvalue weighted by Gasteiger charge is -2.36. The highest BCUT2D eigenvalue weighted by molar-refractivity contribution is 6.42. The van der Waals surface area contributed by atoms with E-state index in [1.165, 1.54) is 19.3 Å². The van der Waals surface area contributed by atoms with E-state index in [2.05, 4.69) is 30.1 Å². The molecule has 2 nitrogen and oxygen atoms in total. The minimum atomic E-state index is 0.246. The standard InChI is InChI=1S/C17H24Cl2N2/c1-12-8-9-20-17(2,14-6-7-14)11-21(12)10-13-4-3-5-15(18)16(13)19/h3-5,12,14,20H,6-11H2,1-2H3. The second-order valence-electron chi connectivity index (χ2n) is 6.87. The molecular formula is C17H24Cl2N2. The molecule has 1 heterocycles. The van der Waals surface area contributed by atoms with Gasteiger partial charge < -0.3 is 5.32 Å². The number of halogens is 2. The molecule has 0 bridgehead atoms. The van der Waals surface area contributed by atoms with Crippen LogP contribution in [0, 0.1) is 5.92 Å². The Balaban J connectivity index is 1.79. The number of nitrogens with zero attached hydrogens (tertiary/aromatic N) is 1. The van der Waals surface area contributed by atoms with Crippen molar-refractivity contribution in [2.45, 2.75) is 51.2 Å². The van der Waals surface area contributed by atoms with E-state index in [4.69, 9.17) is 23.2 Å². The third-order valence-corrected chi connectivity index (χ3v) is 5.99. The molecule has 3 rings (SSSR count). The molecule has 2 fully saturated rings. The van der Waals surface area contributed by atoms with Crippen molar-refractivity contribution in [3.63, 3.8) is 0 Å². The molecule has 1 aliphatic carbocycles. The van der Waals surface area contributed by atoms with E-state index in [1.807, 2.05) is 12.1 Å². The first-order valence-corrected chi connectivity index (χ1v) is 8.67. The minimum Gasteiger partial charge on any atom is -0.310 e. The number of rotatable bonds is 3. The minimum absolute atomic E-state index is 0.246. The molecule has 0 aromatic heterocycles. The second-order valence-corrected chi connectivity index (χ2v) is 7.66. The van der Waals surface area contributed by atoms with E-state index in [9.17, 15) is 0 Å². The van der Waals surface area contributed by atoms with Crippen LogP contribution in [-0.2, 0) is 6.54 Å². The lowest BCUT2D eigenvalue weighted by atomic mass is 9.95. The highest BCUT2D eigenvalue weighted by Crippen LogP contribution is 2.41. The Labute approximate surface area is 137 Å². The van der Waals surface area contributed by atoms with Crippen molar-refractivity contribution >= 4 is 23.2 Å². The molecule has 0 spiro atoms. The zero-order valence-electron chi connectivity index (χ0n) is 12.8. The molecule has 1 saturated carbocycles. The Bertz CT molecular complexity index is 516. The average Bonchev–Trinajstić information content (AvgIpc) is 3.27. The van der Waals surface area contributed by atoms with E-state index in [0.29, 0.717) is 16.1 Å². The molecule has 21 heavy (non-hydrogen) atoms. The highest BCUT2D eigenvalue weighted by atomic mass is 35.5. The summed E-state index contributed by atoms with van der Waals surface area (Å²) < 4.78 is 0. The lowest BCUT2D eigenvalue weighted by molar-refractivity contribution is 0.155. The van der Waals surface area contributed by atoms with Gasteiger partial charge in [-0.15, -0.1) is 0 Å². The molecule has 1 N–H and O–H groups in total. The second kappa shape index (κ2) is 6.08. The molecule has 0 radical (unpaired) electrons. The molecule has 2 unspecified atom stereocenters. The van der Waals surface area contributed by atoms with Crippen molar-refractivity contribution in [2.24, 2.45) is 5.92 Å². The SMILES string of the molecule is CC1CCNC(C)(C2CC2)CN1Cc1cccc(Cl)c1Cl. The van der Waals surface area contributed by atoms with E-state index in [0.717, 1.165) is 31.1 Å². The van der Waals surface area contributed by atoms with Crippen LogP contribution in [0.15, 0.2) is 18.2 Å². The first kappa shape index (κ1) is 15.6. The number of hydrogen-bond donors (Lipinski definition) is 1. The van der Waals surface area contributed by atoms with Gasteiger partial charge in [-0.3, -0.25) is 4.90 Å². The molecule has 1 aromatic rings. The highest BCUT2D eigenvalue weighted by Gasteiger charge is 2.43. The quantitative estimate of drug-likeness (QED) is 0.888. The zero-order valence-corrected chi connectivity index (χ0v) is 14.3. The van der Waals surface area contributed by atoms with Crippen LogP contribution in [0.5, 0.6) is 0 Å². The van der Waals surface area contributed by atoms with Crippen molar-refractivity contribution < 1.29 is 0 Å². The van der Waals surface area contributed by atoms with Crippen LogP contribution >= 0.6 is 23.2 Å². The molecule has 1 saturated heterocycles. The van der Waals surface area contributed by atoms with Crippen LogP contribution in [0.1, 0.15) is 38.7 Å². The average molecular weight is 327 g/mol. The maximum Gasteiger partial charge on any atom is 0.0637 e. The summed E-state index contributed by atoms with van der Waals surface area (Å²) in [6.07, 6.45) is 3.91. The Kier molecular flexibility index (Phi) is 4.52. The summed E-state index contributed by atoms with van der Waals surface area (Å²) in [4.78, 5) is 2.57. The number of nitrogens with one attached hydrogen (secondary N) is 1. The van der Waals surface area contributed by atoms with Gasteiger partial charge in [0.15, 0.2) is 0 Å². The first-order valence-electron chi connectivity index (χ1n) is 7.91. The summed E-state index contributed by atoms with van der Waals surface area (Å²) in [5.74, 6) is 0.833. The van der Waals surface area contributed by atoms with Crippen LogP contribution in [0.3, 0.4) is 0 Å².